The molecule has 1 atom stereocenters. The first kappa shape index (κ1) is 19.7. The number of sulfonamides is 1. The van der Waals surface area contributed by atoms with Gasteiger partial charge in [-0.2, -0.15) is 4.31 Å². The Hall–Kier alpha value is -1.65. The van der Waals surface area contributed by atoms with Crippen molar-refractivity contribution in [2.24, 2.45) is 0 Å². The fourth-order valence-electron chi connectivity index (χ4n) is 2.89. The third-order valence-corrected chi connectivity index (χ3v) is 7.79. The van der Waals surface area contributed by atoms with Gasteiger partial charge in [-0.1, -0.05) is 6.92 Å². The van der Waals surface area contributed by atoms with Crippen LogP contribution in [0.1, 0.15) is 20.3 Å². The van der Waals surface area contributed by atoms with E-state index in [0.29, 0.717) is 5.69 Å². The number of anilines is 1. The maximum absolute atomic E-state index is 13.0. The first-order valence-electron chi connectivity index (χ1n) is 7.78. The number of carbonyl (C=O) groups excluding carboxylic acids is 1. The zero-order chi connectivity index (χ0) is 18.8. The van der Waals surface area contributed by atoms with Crippen LogP contribution in [0.2, 0.25) is 0 Å². The van der Waals surface area contributed by atoms with E-state index in [-0.39, 0.29) is 41.0 Å². The summed E-state index contributed by atoms with van der Waals surface area (Å²) in [6, 6.07) is 3.58. The van der Waals surface area contributed by atoms with E-state index in [2.05, 4.69) is 5.32 Å². The van der Waals surface area contributed by atoms with E-state index in [4.69, 9.17) is 4.74 Å². The number of hydrogen-bond acceptors (Lipinski definition) is 6. The van der Waals surface area contributed by atoms with Crippen molar-refractivity contribution in [3.05, 3.63) is 18.2 Å². The van der Waals surface area contributed by atoms with Crippen molar-refractivity contribution in [1.29, 1.82) is 0 Å². The summed E-state index contributed by atoms with van der Waals surface area (Å²) in [5.41, 5.74) is 0.362. The molecule has 2 rings (SSSR count). The molecule has 1 aromatic rings. The number of benzene rings is 1. The third kappa shape index (κ3) is 4.31. The standard InChI is InChI=1S/C15H22N2O6S2/c1-4-17(12-7-8-24(19,20)10-12)25(21,22)13-5-6-14(16-11(2)18)15(9-13)23-3/h5-6,9,12H,4,7-8,10H2,1-3H3,(H,16,18)/t12-/m1/s1. The number of rotatable bonds is 6. The molecule has 1 aliphatic rings. The molecule has 1 saturated heterocycles. The minimum Gasteiger partial charge on any atom is -0.495 e. The molecule has 0 aromatic heterocycles. The molecule has 1 aliphatic heterocycles. The van der Waals surface area contributed by atoms with E-state index in [1.165, 1.54) is 36.5 Å². The molecule has 1 amide bonds. The number of nitrogens with one attached hydrogen (secondary N) is 1. The van der Waals surface area contributed by atoms with E-state index in [1.807, 2.05) is 0 Å². The minimum absolute atomic E-state index is 0.00548. The lowest BCUT2D eigenvalue weighted by Crippen LogP contribution is -2.40. The molecule has 0 unspecified atom stereocenters. The van der Waals surface area contributed by atoms with Crippen LogP contribution in [-0.4, -0.2) is 58.3 Å². The van der Waals surface area contributed by atoms with Gasteiger partial charge in [-0.05, 0) is 18.6 Å². The van der Waals surface area contributed by atoms with E-state index in [1.54, 1.807) is 6.92 Å². The molecule has 10 heteroatoms. The summed E-state index contributed by atoms with van der Waals surface area (Å²) in [5.74, 6) is -0.262. The Morgan fingerprint density at radius 1 is 1.40 bits per heavy atom. The van der Waals surface area contributed by atoms with Crippen molar-refractivity contribution in [2.45, 2.75) is 31.2 Å². The smallest absolute Gasteiger partial charge is 0.243 e. The molecular formula is C15H22N2O6S2. The quantitative estimate of drug-likeness (QED) is 0.771. The first-order chi connectivity index (χ1) is 11.6. The number of sulfone groups is 1. The monoisotopic (exact) mass is 390 g/mol. The summed E-state index contributed by atoms with van der Waals surface area (Å²) in [7, 11) is -5.72. The molecule has 25 heavy (non-hydrogen) atoms. The van der Waals surface area contributed by atoms with Gasteiger partial charge in [0.15, 0.2) is 9.84 Å². The van der Waals surface area contributed by atoms with Crippen molar-refractivity contribution in [3.63, 3.8) is 0 Å². The van der Waals surface area contributed by atoms with Crippen LogP contribution in [0.4, 0.5) is 5.69 Å². The zero-order valence-electron chi connectivity index (χ0n) is 14.4. The van der Waals surface area contributed by atoms with Crippen LogP contribution in [0.5, 0.6) is 5.75 Å². The molecule has 8 nitrogen and oxygen atoms in total. The lowest BCUT2D eigenvalue weighted by atomic mass is 10.3. The van der Waals surface area contributed by atoms with Crippen LogP contribution in [0.25, 0.3) is 0 Å². The molecule has 140 valence electrons. The Morgan fingerprint density at radius 3 is 2.56 bits per heavy atom. The molecule has 1 heterocycles. The predicted octanol–water partition coefficient (Wildman–Crippen LogP) is 0.851. The first-order valence-corrected chi connectivity index (χ1v) is 11.0. The lowest BCUT2D eigenvalue weighted by Gasteiger charge is -2.26. The van der Waals surface area contributed by atoms with E-state index < -0.39 is 25.9 Å². The summed E-state index contributed by atoms with van der Waals surface area (Å²) < 4.78 is 55.7. The second kappa shape index (κ2) is 7.30. The molecular weight excluding hydrogens is 368 g/mol. The van der Waals surface area contributed by atoms with Crippen LogP contribution >= 0.6 is 0 Å². The Labute approximate surface area is 148 Å². The lowest BCUT2D eigenvalue weighted by molar-refractivity contribution is -0.114. The number of ether oxygens (including phenoxy) is 1. The van der Waals surface area contributed by atoms with Gasteiger partial charge in [0, 0.05) is 25.6 Å². The molecule has 1 N–H and O–H groups in total. The Morgan fingerprint density at radius 2 is 2.08 bits per heavy atom. The second-order valence-corrected chi connectivity index (χ2v) is 9.93. The van der Waals surface area contributed by atoms with Gasteiger partial charge in [-0.3, -0.25) is 4.79 Å². The average molecular weight is 390 g/mol. The highest BCUT2D eigenvalue weighted by atomic mass is 32.2. The fourth-order valence-corrected chi connectivity index (χ4v) is 6.39. The van der Waals surface area contributed by atoms with Crippen LogP contribution < -0.4 is 10.1 Å². The molecule has 0 saturated carbocycles. The van der Waals surface area contributed by atoms with Crippen molar-refractivity contribution >= 4 is 31.5 Å². The topological polar surface area (TPSA) is 110 Å². The molecule has 0 radical (unpaired) electrons. The number of carbonyl (C=O) groups is 1. The number of nitrogens with zero attached hydrogens (tertiary/aromatic N) is 1. The summed E-state index contributed by atoms with van der Waals surface area (Å²) >= 11 is 0. The highest BCUT2D eigenvalue weighted by Crippen LogP contribution is 2.31. The van der Waals surface area contributed by atoms with Crippen molar-refractivity contribution in [1.82, 2.24) is 4.31 Å². The van der Waals surface area contributed by atoms with Crippen LogP contribution in [0.15, 0.2) is 23.1 Å². The Bertz CT molecular complexity index is 864. The van der Waals surface area contributed by atoms with Gasteiger partial charge in [0.1, 0.15) is 5.75 Å². The molecule has 0 bridgehead atoms. The largest absolute Gasteiger partial charge is 0.495 e. The summed E-state index contributed by atoms with van der Waals surface area (Å²) in [5, 5.41) is 2.56. The van der Waals surface area contributed by atoms with E-state index in [0.717, 1.165) is 0 Å². The van der Waals surface area contributed by atoms with Crippen LogP contribution in [0, 0.1) is 0 Å². The Kier molecular flexibility index (Phi) is 5.75. The predicted molar refractivity (Wildman–Crippen MR) is 93.9 cm³/mol. The molecule has 1 fully saturated rings. The maximum Gasteiger partial charge on any atom is 0.243 e. The molecule has 0 aliphatic carbocycles. The van der Waals surface area contributed by atoms with Gasteiger partial charge in [0.2, 0.25) is 15.9 Å². The number of hydrogen-bond donors (Lipinski definition) is 1. The van der Waals surface area contributed by atoms with Crippen LogP contribution in [0.3, 0.4) is 0 Å². The van der Waals surface area contributed by atoms with Gasteiger partial charge in [0.25, 0.3) is 0 Å². The summed E-state index contributed by atoms with van der Waals surface area (Å²) in [4.78, 5) is 11.2. The minimum atomic E-state index is -3.89. The highest BCUT2D eigenvalue weighted by molar-refractivity contribution is 7.92. The van der Waals surface area contributed by atoms with Gasteiger partial charge in [0.05, 0.1) is 29.2 Å². The maximum atomic E-state index is 13.0. The van der Waals surface area contributed by atoms with Gasteiger partial charge in [-0.15, -0.1) is 0 Å². The SMILES string of the molecule is CCN([C@@H]1CCS(=O)(=O)C1)S(=O)(=O)c1ccc(NC(C)=O)c(OC)c1. The van der Waals surface area contributed by atoms with Gasteiger partial charge in [-0.25, -0.2) is 16.8 Å². The van der Waals surface area contributed by atoms with E-state index >= 15 is 0 Å². The van der Waals surface area contributed by atoms with Crippen LogP contribution in [-0.2, 0) is 24.7 Å². The van der Waals surface area contributed by atoms with Gasteiger partial charge < -0.3 is 10.1 Å². The average Bonchev–Trinajstić information content (AvgIpc) is 2.87. The summed E-state index contributed by atoms with van der Waals surface area (Å²) in [6.45, 7) is 3.17. The number of methoxy groups -OCH3 is 1. The summed E-state index contributed by atoms with van der Waals surface area (Å²) in [6.07, 6.45) is 0.288. The van der Waals surface area contributed by atoms with Gasteiger partial charge >= 0.3 is 0 Å². The molecule has 1 aromatic carbocycles. The van der Waals surface area contributed by atoms with E-state index in [9.17, 15) is 21.6 Å². The van der Waals surface area contributed by atoms with Crippen molar-refractivity contribution in [3.8, 4) is 5.75 Å². The fraction of sp³-hybridized carbons (Fsp3) is 0.533. The second-order valence-electron chi connectivity index (χ2n) is 5.81. The Balaban J connectivity index is 2.39. The highest BCUT2D eigenvalue weighted by Gasteiger charge is 2.38. The zero-order valence-corrected chi connectivity index (χ0v) is 16.0. The normalized spacial score (nSPS) is 19.8. The van der Waals surface area contributed by atoms with Crippen molar-refractivity contribution < 1.29 is 26.4 Å². The third-order valence-electron chi connectivity index (χ3n) is 4.02. The van der Waals surface area contributed by atoms with Crippen molar-refractivity contribution in [2.75, 3.05) is 30.5 Å². The number of amides is 1. The molecule has 0 spiro atoms.